The summed E-state index contributed by atoms with van der Waals surface area (Å²) in [7, 11) is 0. The molecule has 94 heavy (non-hydrogen) atoms. The van der Waals surface area contributed by atoms with Crippen molar-refractivity contribution in [2.75, 3.05) is 0 Å². The van der Waals surface area contributed by atoms with Crippen molar-refractivity contribution in [2.24, 2.45) is 0 Å². The van der Waals surface area contributed by atoms with Crippen molar-refractivity contribution in [3.05, 3.63) is 272 Å². The Bertz CT molecular complexity index is 6880. The Morgan fingerprint density at radius 3 is 0.957 bits per heavy atom. The lowest BCUT2D eigenvalue weighted by atomic mass is 9.86. The molecule has 0 bridgehead atoms. The summed E-state index contributed by atoms with van der Waals surface area (Å²) in [6.07, 6.45) is 0. The van der Waals surface area contributed by atoms with Gasteiger partial charge in [-0.05, 0) is 120 Å². The monoisotopic (exact) mass is 1250 g/mol. The highest BCUT2D eigenvalue weighted by Gasteiger charge is 2.36. The van der Waals surface area contributed by atoms with Gasteiger partial charge in [0.2, 0.25) is 0 Å². The predicted octanol–water partition coefficient (Wildman–Crippen LogP) is 25.1. The molecule has 0 amide bonds. The first-order chi connectivity index (χ1) is 46.6. The predicted molar refractivity (Wildman–Crippen MR) is 398 cm³/mol. The van der Waals surface area contributed by atoms with Crippen LogP contribution in [0.1, 0.15) is 5.56 Å². The first-order valence-corrected chi connectivity index (χ1v) is 34.1. The maximum Gasteiger partial charge on any atom is 0.136 e. The number of nitrogens with zero attached hydrogens (tertiary/aromatic N) is 4. The van der Waals surface area contributed by atoms with Crippen LogP contribution in [-0.2, 0) is 0 Å². The number of nitriles is 1. The second kappa shape index (κ2) is 18.7. The molecule has 0 aliphatic rings. The van der Waals surface area contributed by atoms with Crippen LogP contribution < -0.4 is 0 Å². The fourth-order valence-electron chi connectivity index (χ4n) is 16.3. The van der Waals surface area contributed by atoms with E-state index in [4.69, 9.17) is 8.83 Å². The van der Waals surface area contributed by atoms with E-state index in [-0.39, 0.29) is 0 Å². The summed E-state index contributed by atoms with van der Waals surface area (Å²) in [5, 5.41) is 31.4. The molecule has 6 nitrogen and oxygen atoms in total. The fourth-order valence-corrected chi connectivity index (χ4v) is 19.7. The highest BCUT2D eigenvalue weighted by atomic mass is 32.1. The third-order valence-electron chi connectivity index (χ3n) is 20.1. The van der Waals surface area contributed by atoms with E-state index in [1.807, 2.05) is 58.3 Å². The molecule has 8 aromatic heterocycles. The number of thiophene rings is 3. The summed E-state index contributed by atoms with van der Waals surface area (Å²) in [6.45, 7) is 0. The molecule has 434 valence electrons. The second-order valence-electron chi connectivity index (χ2n) is 24.8. The smallest absolute Gasteiger partial charge is 0.136 e. The Labute approximate surface area is 545 Å². The normalized spacial score (nSPS) is 12.5. The lowest BCUT2D eigenvalue weighted by Gasteiger charge is -2.29. The van der Waals surface area contributed by atoms with E-state index in [9.17, 15) is 5.26 Å². The van der Waals surface area contributed by atoms with Gasteiger partial charge in [-0.1, -0.05) is 158 Å². The van der Waals surface area contributed by atoms with Crippen LogP contribution in [-0.4, -0.2) is 13.7 Å². The Kier molecular flexibility index (Phi) is 10.1. The highest BCUT2D eigenvalue weighted by molar-refractivity contribution is 7.27. The summed E-state index contributed by atoms with van der Waals surface area (Å²) in [5.41, 5.74) is 15.5. The quantitative estimate of drug-likeness (QED) is 0.172. The van der Waals surface area contributed by atoms with Crippen molar-refractivity contribution >= 4 is 204 Å². The van der Waals surface area contributed by atoms with E-state index in [0.29, 0.717) is 5.56 Å². The van der Waals surface area contributed by atoms with Crippen molar-refractivity contribution < 1.29 is 8.83 Å². The molecule has 0 aliphatic heterocycles. The third-order valence-corrected chi connectivity index (χ3v) is 23.5. The van der Waals surface area contributed by atoms with Gasteiger partial charge in [0.25, 0.3) is 0 Å². The molecule has 0 fully saturated rings. The minimum atomic E-state index is 0.507. The number of benzene rings is 14. The number of fused-ring (bicyclic) bond motifs is 27. The van der Waals surface area contributed by atoms with Crippen molar-refractivity contribution in [3.63, 3.8) is 0 Å². The van der Waals surface area contributed by atoms with Gasteiger partial charge in [0.1, 0.15) is 28.4 Å². The van der Waals surface area contributed by atoms with Gasteiger partial charge in [0, 0.05) is 126 Å². The Morgan fingerprint density at radius 1 is 0.255 bits per heavy atom. The molecule has 0 spiro atoms. The SMILES string of the molecule is N#Cc1c(-c2ccc3c(c2)oc2ccccc23)c(-n2c3ccccc3c3c4c(ccc32)sc2ccccc24)c(-n2c3ccccc3c3c4c(ccc32)sc2ccccc24)c(-n2c3ccccc3c3c4c(ccc32)sc2ccccc24)c1-c1ccc2c(c1)oc1ccccc12. The van der Waals surface area contributed by atoms with Crippen LogP contribution >= 0.6 is 34.0 Å². The van der Waals surface area contributed by atoms with E-state index in [1.165, 1.54) is 65.9 Å². The van der Waals surface area contributed by atoms with E-state index in [1.54, 1.807) is 0 Å². The highest BCUT2D eigenvalue weighted by Crippen LogP contribution is 2.56. The average Bonchev–Trinajstić information content (AvgIpc) is 1.49. The van der Waals surface area contributed by atoms with Gasteiger partial charge >= 0.3 is 0 Å². The number of furan rings is 2. The largest absolute Gasteiger partial charge is 0.456 e. The lowest BCUT2D eigenvalue weighted by Crippen LogP contribution is -2.14. The van der Waals surface area contributed by atoms with Crippen molar-refractivity contribution in [3.8, 4) is 45.4 Å². The maximum absolute atomic E-state index is 13.2. The van der Waals surface area contributed by atoms with Crippen molar-refractivity contribution in [1.82, 2.24) is 13.7 Å². The van der Waals surface area contributed by atoms with Crippen LogP contribution in [0.4, 0.5) is 0 Å². The van der Waals surface area contributed by atoms with E-state index >= 15 is 0 Å². The number of hydrogen-bond acceptors (Lipinski definition) is 6. The second-order valence-corrected chi connectivity index (χ2v) is 28.0. The zero-order chi connectivity index (χ0) is 61.2. The topological polar surface area (TPSA) is 64.9 Å². The first-order valence-electron chi connectivity index (χ1n) is 31.6. The van der Waals surface area contributed by atoms with Crippen molar-refractivity contribution in [2.45, 2.75) is 0 Å². The van der Waals surface area contributed by atoms with Gasteiger partial charge in [-0.3, -0.25) is 0 Å². The van der Waals surface area contributed by atoms with Gasteiger partial charge in [0.05, 0.1) is 55.7 Å². The minimum Gasteiger partial charge on any atom is -0.456 e. The number of rotatable bonds is 5. The summed E-state index contributed by atoms with van der Waals surface area (Å²) in [6, 6.07) is 100. The fraction of sp³-hybridized carbons (Fsp3) is 0. The van der Waals surface area contributed by atoms with Crippen LogP contribution in [0.15, 0.2) is 276 Å². The van der Waals surface area contributed by atoms with Crippen LogP contribution in [0.2, 0.25) is 0 Å². The Morgan fingerprint density at radius 2 is 0.574 bits per heavy atom. The molecule has 0 radical (unpaired) electrons. The van der Waals surface area contributed by atoms with Gasteiger partial charge in [-0.25, -0.2) is 0 Å². The molecular weight excluding hydrogens is 1210 g/mol. The minimum absolute atomic E-state index is 0.507. The van der Waals surface area contributed by atoms with E-state index < -0.39 is 0 Å². The first kappa shape index (κ1) is 50.9. The molecule has 9 heteroatoms. The molecule has 14 aromatic carbocycles. The zero-order valence-corrected chi connectivity index (χ0v) is 52.2. The van der Waals surface area contributed by atoms with Gasteiger partial charge < -0.3 is 22.5 Å². The molecule has 0 unspecified atom stereocenters. The zero-order valence-electron chi connectivity index (χ0n) is 49.7. The summed E-state index contributed by atoms with van der Waals surface area (Å²) in [4.78, 5) is 0. The average molecular weight is 1250 g/mol. The number of para-hydroxylation sites is 5. The molecule has 22 rings (SSSR count). The van der Waals surface area contributed by atoms with Crippen LogP contribution in [0.3, 0.4) is 0 Å². The number of aromatic nitrogens is 3. The van der Waals surface area contributed by atoms with E-state index in [2.05, 4.69) is 262 Å². The Balaban J connectivity index is 1.05. The summed E-state index contributed by atoms with van der Waals surface area (Å²) in [5.74, 6) is 0. The van der Waals surface area contributed by atoms with Gasteiger partial charge in [-0.15, -0.1) is 34.0 Å². The lowest BCUT2D eigenvalue weighted by molar-refractivity contribution is 0.668. The van der Waals surface area contributed by atoms with Crippen molar-refractivity contribution in [1.29, 1.82) is 5.26 Å². The molecule has 22 aromatic rings. The maximum atomic E-state index is 13.2. The molecule has 0 N–H and O–H groups in total. The summed E-state index contributed by atoms with van der Waals surface area (Å²) >= 11 is 5.51. The third kappa shape index (κ3) is 6.65. The molecule has 0 aliphatic carbocycles. The Hall–Kier alpha value is -11.8. The van der Waals surface area contributed by atoms with Crippen LogP contribution in [0.5, 0.6) is 0 Å². The van der Waals surface area contributed by atoms with Crippen LogP contribution in [0.25, 0.3) is 209 Å². The summed E-state index contributed by atoms with van der Waals surface area (Å²) < 4.78 is 28.9. The van der Waals surface area contributed by atoms with Gasteiger partial charge in [-0.2, -0.15) is 5.26 Å². The molecule has 0 saturated carbocycles. The molecule has 8 heterocycles. The molecular formula is C85H44N4O2S3. The van der Waals surface area contributed by atoms with E-state index in [0.717, 1.165) is 143 Å². The molecule has 0 saturated heterocycles. The van der Waals surface area contributed by atoms with Crippen LogP contribution in [0, 0.1) is 11.3 Å². The number of hydrogen-bond donors (Lipinski definition) is 0. The molecule has 0 atom stereocenters. The standard InChI is InChI=1S/C85H44N4O2S3/c86-45-58-75(46-33-35-50-48-17-4-12-28-65(48)90-67(50)43-46)83(87-59-25-9-1-19-52(59)77-62(87)37-40-72-80(77)55-22-6-14-30-69(55)92-72)85(89-61-27-11-3-21-54(61)79-64(89)39-42-74-82(79)57-24-8-16-32-71(57)94-74)84(76(58)47-34-36-51-49-18-5-13-29-66(49)91-68(51)44-47)88-60-26-10-2-20-53(60)78-63(88)38-41-73-81(78)56-23-7-15-31-70(56)93-73/h1-44H. The van der Waals surface area contributed by atoms with Gasteiger partial charge in [0.15, 0.2) is 0 Å².